The van der Waals surface area contributed by atoms with Crippen LogP contribution < -0.4 is 4.74 Å². The number of pyridine rings is 1. The van der Waals surface area contributed by atoms with Crippen LogP contribution in [0.4, 0.5) is 4.39 Å². The topological polar surface area (TPSA) is 110 Å². The number of ether oxygens (including phenoxy) is 3. The minimum absolute atomic E-state index is 0.0980. The fourth-order valence-electron chi connectivity index (χ4n) is 5.45. The van der Waals surface area contributed by atoms with E-state index in [9.17, 15) is 9.90 Å². The predicted octanol–water partition coefficient (Wildman–Crippen LogP) is 2.63. The maximum absolute atomic E-state index is 15.1. The second-order valence-electron chi connectivity index (χ2n) is 9.82. The van der Waals surface area contributed by atoms with Crippen LogP contribution in [0.25, 0.3) is 11.2 Å². The molecule has 1 aromatic carbocycles. The van der Waals surface area contributed by atoms with Crippen molar-refractivity contribution in [2.45, 2.75) is 49.6 Å². The Balaban J connectivity index is 1.22. The summed E-state index contributed by atoms with van der Waals surface area (Å²) in [6.45, 7) is 0.505. The molecule has 5 atom stereocenters. The number of carbonyl (C=O) groups excluding carboxylic acids is 1. The summed E-state index contributed by atoms with van der Waals surface area (Å²) in [5.74, 6) is -0.689. The van der Waals surface area contributed by atoms with Crippen molar-refractivity contribution in [2.75, 3.05) is 27.3 Å². The summed E-state index contributed by atoms with van der Waals surface area (Å²) in [6.07, 6.45) is 0.0738. The van der Waals surface area contributed by atoms with E-state index in [1.165, 1.54) is 11.0 Å². The number of rotatable bonds is 5. The molecule has 0 saturated carbocycles. The maximum Gasteiger partial charge on any atom is 0.296 e. The van der Waals surface area contributed by atoms with E-state index in [2.05, 4.69) is 15.0 Å². The molecule has 2 N–H and O–H groups in total. The minimum atomic E-state index is -0.659. The number of imidazole rings is 1. The van der Waals surface area contributed by atoms with Crippen molar-refractivity contribution in [2.24, 2.45) is 0 Å². The number of carbonyl (C=O) groups is 1. The van der Waals surface area contributed by atoms with Gasteiger partial charge in [-0.15, -0.1) is 0 Å². The highest BCUT2D eigenvalue weighted by atomic mass is 35.5. The number of amides is 1. The van der Waals surface area contributed by atoms with Gasteiger partial charge < -0.3 is 29.2 Å². The molecular weight excluding hydrogens is 491 g/mol. The second-order valence-corrected chi connectivity index (χ2v) is 10.2. The zero-order valence-corrected chi connectivity index (χ0v) is 20.6. The van der Waals surface area contributed by atoms with Crippen molar-refractivity contribution in [3.63, 3.8) is 0 Å². The molecule has 3 aliphatic rings. The Morgan fingerprint density at radius 2 is 2.06 bits per heavy atom. The molecule has 190 valence electrons. The quantitative estimate of drug-likeness (QED) is 0.536. The van der Waals surface area contributed by atoms with E-state index in [1.54, 1.807) is 26.2 Å². The van der Waals surface area contributed by atoms with Gasteiger partial charge in [0, 0.05) is 19.7 Å². The summed E-state index contributed by atoms with van der Waals surface area (Å²) < 4.78 is 32.3. The number of aliphatic hydroxyl groups is 1. The van der Waals surface area contributed by atoms with Crippen LogP contribution in [0.5, 0.6) is 6.01 Å². The normalized spacial score (nSPS) is 26.9. The summed E-state index contributed by atoms with van der Waals surface area (Å²) in [4.78, 5) is 25.9. The van der Waals surface area contributed by atoms with Crippen LogP contribution in [0.2, 0.25) is 5.02 Å². The molecule has 1 amide bonds. The summed E-state index contributed by atoms with van der Waals surface area (Å²) in [5.41, 5.74) is 3.52. The highest BCUT2D eigenvalue weighted by molar-refractivity contribution is 6.31. The monoisotopic (exact) mass is 516 g/mol. The molecule has 0 spiro atoms. The molecule has 4 heterocycles. The molecule has 2 aromatic heterocycles. The molecule has 6 rings (SSSR count). The first-order valence-corrected chi connectivity index (χ1v) is 12.3. The Labute approximate surface area is 211 Å². The Morgan fingerprint density at radius 1 is 1.25 bits per heavy atom. The number of halogens is 2. The van der Waals surface area contributed by atoms with Crippen molar-refractivity contribution >= 4 is 28.7 Å². The molecule has 0 radical (unpaired) electrons. The van der Waals surface area contributed by atoms with Gasteiger partial charge in [-0.25, -0.2) is 9.37 Å². The van der Waals surface area contributed by atoms with E-state index >= 15 is 4.39 Å². The molecule has 3 aromatic rings. The van der Waals surface area contributed by atoms with E-state index in [4.69, 9.17) is 25.8 Å². The fraction of sp³-hybridized carbons (Fsp3) is 0.480. The van der Waals surface area contributed by atoms with Crippen LogP contribution in [0.15, 0.2) is 18.2 Å². The number of aliphatic hydroxyl groups excluding tert-OH is 1. The molecule has 0 bridgehead atoms. The molecule has 9 nitrogen and oxygen atoms in total. The van der Waals surface area contributed by atoms with E-state index < -0.39 is 18.3 Å². The van der Waals surface area contributed by atoms with E-state index in [1.807, 2.05) is 0 Å². The summed E-state index contributed by atoms with van der Waals surface area (Å²) in [5, 5.41) is 10.4. The second kappa shape index (κ2) is 8.95. The minimum Gasteiger partial charge on any atom is -0.456 e. The van der Waals surface area contributed by atoms with Gasteiger partial charge in [-0.2, -0.15) is 4.98 Å². The van der Waals surface area contributed by atoms with Crippen LogP contribution in [-0.2, 0) is 22.3 Å². The van der Waals surface area contributed by atoms with Gasteiger partial charge in [0.05, 0.1) is 29.4 Å². The first kappa shape index (κ1) is 23.6. The molecule has 2 fully saturated rings. The first-order chi connectivity index (χ1) is 17.3. The molecule has 36 heavy (non-hydrogen) atoms. The molecule has 2 saturated heterocycles. The van der Waals surface area contributed by atoms with Crippen molar-refractivity contribution in [1.29, 1.82) is 0 Å². The largest absolute Gasteiger partial charge is 0.456 e. The number of H-pyrrole nitrogens is 1. The third kappa shape index (κ3) is 4.02. The summed E-state index contributed by atoms with van der Waals surface area (Å²) in [7, 11) is 3.30. The molecule has 1 aliphatic carbocycles. The third-order valence-electron chi connectivity index (χ3n) is 7.20. The van der Waals surface area contributed by atoms with Crippen molar-refractivity contribution in [3.05, 3.63) is 51.4 Å². The molecule has 11 heteroatoms. The number of aryl methyl sites for hydroxylation is 1. The van der Waals surface area contributed by atoms with Crippen molar-refractivity contribution in [3.8, 4) is 6.01 Å². The number of hydrogen-bond acceptors (Lipinski definition) is 7. The van der Waals surface area contributed by atoms with E-state index in [0.29, 0.717) is 45.8 Å². The van der Waals surface area contributed by atoms with Crippen LogP contribution in [-0.4, -0.2) is 82.6 Å². The van der Waals surface area contributed by atoms with Crippen LogP contribution in [0, 0.1) is 5.82 Å². The number of hydrogen-bond donors (Lipinski definition) is 2. The third-order valence-corrected chi connectivity index (χ3v) is 7.53. The highest BCUT2D eigenvalue weighted by Gasteiger charge is 2.48. The number of aromatic nitrogens is 3. The van der Waals surface area contributed by atoms with Gasteiger partial charge in [0.2, 0.25) is 0 Å². The van der Waals surface area contributed by atoms with Crippen LogP contribution >= 0.6 is 11.6 Å². The van der Waals surface area contributed by atoms with E-state index in [-0.39, 0.29) is 43.0 Å². The number of nitrogens with zero attached hydrogens (tertiary/aromatic N) is 3. The van der Waals surface area contributed by atoms with Crippen LogP contribution in [0.3, 0.4) is 0 Å². The van der Waals surface area contributed by atoms with Crippen molar-refractivity contribution in [1.82, 2.24) is 19.9 Å². The molecule has 0 unspecified atom stereocenters. The standard InChI is InChI=1S/C25H26ClFN4O5/c1-31(2)24(33)13-5-11-3-4-12(20(11)15(27)6-13)7-16-14(26)8-17-23(28-16)30-25(29-17)36-19-10-35-21-18(32)9-34-22(19)21/h5-6,8,12,18-19,21-22,32H,3-4,7,9-10H2,1-2H3,(H,28,29,30)/t12-,18-,19-,21-,22-/m1/s1. The van der Waals surface area contributed by atoms with Crippen molar-refractivity contribution < 1.29 is 28.5 Å². The van der Waals surface area contributed by atoms with Gasteiger partial charge in [-0.1, -0.05) is 11.6 Å². The Kier molecular flexibility index (Phi) is 5.87. The lowest BCUT2D eigenvalue weighted by atomic mass is 9.94. The van der Waals surface area contributed by atoms with Gasteiger partial charge in [-0.05, 0) is 54.5 Å². The predicted molar refractivity (Wildman–Crippen MR) is 128 cm³/mol. The SMILES string of the molecule is CN(C)C(=O)c1cc(F)c2c(c1)CC[C@@H]2Cc1nc2nc(O[C@@H]3CO[C@H]4[C@@H]3OC[C@H]4O)[nH]c2cc1Cl. The Bertz CT molecular complexity index is 1350. The van der Waals surface area contributed by atoms with Gasteiger partial charge in [0.1, 0.15) is 24.1 Å². The number of aromatic amines is 1. The van der Waals surface area contributed by atoms with Gasteiger partial charge in [0.25, 0.3) is 11.9 Å². The van der Waals surface area contributed by atoms with Gasteiger partial charge in [-0.3, -0.25) is 4.79 Å². The summed E-state index contributed by atoms with van der Waals surface area (Å²) in [6, 6.07) is 5.12. The average Bonchev–Trinajstić information content (AvgIpc) is 3.60. The zero-order chi connectivity index (χ0) is 25.1. The number of fused-ring (bicyclic) bond motifs is 3. The maximum atomic E-state index is 15.1. The highest BCUT2D eigenvalue weighted by Crippen LogP contribution is 2.39. The lowest BCUT2D eigenvalue weighted by Gasteiger charge is -2.15. The Morgan fingerprint density at radius 3 is 2.86 bits per heavy atom. The lowest BCUT2D eigenvalue weighted by Crippen LogP contribution is -2.34. The lowest BCUT2D eigenvalue weighted by molar-refractivity contribution is 0.00706. The smallest absolute Gasteiger partial charge is 0.296 e. The zero-order valence-electron chi connectivity index (χ0n) is 19.8. The molecule has 2 aliphatic heterocycles. The summed E-state index contributed by atoms with van der Waals surface area (Å²) >= 11 is 6.56. The van der Waals surface area contributed by atoms with Gasteiger partial charge >= 0.3 is 0 Å². The fourth-order valence-corrected chi connectivity index (χ4v) is 5.68. The number of benzene rings is 1. The number of nitrogens with one attached hydrogen (secondary N) is 1. The molecular formula is C25H26ClFN4O5. The van der Waals surface area contributed by atoms with E-state index in [0.717, 1.165) is 12.0 Å². The Hall–Kier alpha value is -2.79. The first-order valence-electron chi connectivity index (χ1n) is 12.0. The van der Waals surface area contributed by atoms with Gasteiger partial charge in [0.15, 0.2) is 11.8 Å². The average molecular weight is 517 g/mol. The van der Waals surface area contributed by atoms with Crippen LogP contribution in [0.1, 0.15) is 39.5 Å².